The molecule has 12 heteroatoms. The maximum Gasteiger partial charge on any atom is 3.00 e. The van der Waals surface area contributed by atoms with Gasteiger partial charge in [0.05, 0.1) is 0 Å². The van der Waals surface area contributed by atoms with Gasteiger partial charge in [0.1, 0.15) is 0 Å². The van der Waals surface area contributed by atoms with Gasteiger partial charge in [0.25, 0.3) is 0 Å². The monoisotopic (exact) mass is 354 g/mol. The molecule has 0 aromatic heterocycles. The Labute approximate surface area is 125 Å². The van der Waals surface area contributed by atoms with E-state index >= 15 is 0 Å². The molecule has 0 aliphatic carbocycles. The van der Waals surface area contributed by atoms with E-state index in [1.807, 2.05) is 0 Å². The van der Waals surface area contributed by atoms with Crippen LogP contribution in [0.1, 0.15) is 0 Å². The summed E-state index contributed by atoms with van der Waals surface area (Å²) in [6.07, 6.45) is 0. The van der Waals surface area contributed by atoms with Gasteiger partial charge in [-0.2, -0.15) is 0 Å². The van der Waals surface area contributed by atoms with Crippen molar-refractivity contribution in [3.05, 3.63) is 0 Å². The standard InChI is InChI=1S/Al.K.2H2O4Se/c;;2*1-5(2,3)4/h;;2*(H2,1,2,3,4)/q+3;+1;;/p-4. The second-order valence-electron chi connectivity index (χ2n) is 0.816. The van der Waals surface area contributed by atoms with Gasteiger partial charge in [-0.3, -0.25) is 0 Å². The van der Waals surface area contributed by atoms with Gasteiger partial charge in [0, 0.05) is 0 Å². The van der Waals surface area contributed by atoms with E-state index in [2.05, 4.69) is 0 Å². The Morgan fingerprint density at radius 3 is 0.667 bits per heavy atom. The zero-order valence-corrected chi connectivity index (χ0v) is 13.4. The second kappa shape index (κ2) is 9.79. The maximum absolute atomic E-state index is 8.59. The maximum atomic E-state index is 8.59. The molecule has 0 aromatic rings. The van der Waals surface area contributed by atoms with Gasteiger partial charge in [0.2, 0.25) is 0 Å². The molecule has 0 bridgehead atoms. The second-order valence-corrected chi connectivity index (χ2v) is 4.24. The SMILES string of the molecule is O=[Se](=O)([O-])[O-].O=[Se](=O)([O-])[O-].[Al+3].[K+]. The van der Waals surface area contributed by atoms with Crippen LogP contribution in [0.25, 0.3) is 0 Å². The molecule has 8 nitrogen and oxygen atoms in total. The van der Waals surface area contributed by atoms with Crippen LogP contribution in [0.2, 0.25) is 0 Å². The molecule has 64 valence electrons. The van der Waals surface area contributed by atoms with E-state index in [-0.39, 0.29) is 68.7 Å². The third-order valence-corrected chi connectivity index (χ3v) is 0. The Morgan fingerprint density at radius 2 is 0.667 bits per heavy atom. The minimum Gasteiger partial charge on any atom is 1.00 e. The van der Waals surface area contributed by atoms with Crippen molar-refractivity contribution in [2.24, 2.45) is 0 Å². The summed E-state index contributed by atoms with van der Waals surface area (Å²) in [5.74, 6) is 0. The van der Waals surface area contributed by atoms with E-state index in [1.54, 1.807) is 0 Å². The molecule has 0 atom stereocenters. The van der Waals surface area contributed by atoms with Gasteiger partial charge in [-0.1, -0.05) is 0 Å². The molecular formula is AlKO8Se2. The van der Waals surface area contributed by atoms with E-state index in [0.717, 1.165) is 0 Å². The summed E-state index contributed by atoms with van der Waals surface area (Å²) in [6.45, 7) is 0. The zero-order valence-electron chi connectivity index (χ0n) is 5.66. The Hall–Kier alpha value is 2.25. The average molecular weight is 352 g/mol. The van der Waals surface area contributed by atoms with Crippen molar-refractivity contribution < 1.29 is 83.5 Å². The summed E-state index contributed by atoms with van der Waals surface area (Å²) in [7, 11) is 0. The van der Waals surface area contributed by atoms with Crippen molar-refractivity contribution in [2.45, 2.75) is 0 Å². The summed E-state index contributed by atoms with van der Waals surface area (Å²) in [5, 5.41) is 0. The summed E-state index contributed by atoms with van der Waals surface area (Å²) in [4.78, 5) is 0. The summed E-state index contributed by atoms with van der Waals surface area (Å²) in [6, 6.07) is 0. The van der Waals surface area contributed by atoms with Crippen LogP contribution in [0.4, 0.5) is 0 Å². The average Bonchev–Trinajstić information content (AvgIpc) is 1.12. The van der Waals surface area contributed by atoms with Gasteiger partial charge < -0.3 is 0 Å². The Morgan fingerprint density at radius 1 is 0.667 bits per heavy atom. The van der Waals surface area contributed by atoms with Gasteiger partial charge in [0.15, 0.2) is 0 Å². The number of hydrogen-bond donors (Lipinski definition) is 0. The van der Waals surface area contributed by atoms with Crippen LogP contribution in [0.5, 0.6) is 0 Å². The molecule has 0 aliphatic heterocycles. The third kappa shape index (κ3) is 307. The normalized spacial score (nSPS) is 9.67. The Bertz CT molecular complexity index is 213. The molecule has 0 radical (unpaired) electrons. The number of hydrogen-bond acceptors (Lipinski definition) is 8. The molecule has 0 saturated carbocycles. The van der Waals surface area contributed by atoms with Crippen LogP contribution >= 0.6 is 0 Å². The van der Waals surface area contributed by atoms with Crippen molar-refractivity contribution in [2.75, 3.05) is 0 Å². The zero-order chi connectivity index (χ0) is 9.00. The van der Waals surface area contributed by atoms with Gasteiger partial charge >= 0.3 is 128 Å². The first kappa shape index (κ1) is 23.8. The van der Waals surface area contributed by atoms with Crippen LogP contribution in [0.15, 0.2) is 0 Å². The molecule has 0 aliphatic rings. The first-order valence-corrected chi connectivity index (χ1v) is 6.93. The van der Waals surface area contributed by atoms with E-state index in [1.165, 1.54) is 0 Å². The van der Waals surface area contributed by atoms with Crippen LogP contribution < -0.4 is 68.1 Å². The van der Waals surface area contributed by atoms with Crippen molar-refractivity contribution in [1.29, 1.82) is 0 Å². The molecule has 0 rings (SSSR count). The summed E-state index contributed by atoms with van der Waals surface area (Å²) < 4.78 is 68.8. The predicted molar refractivity (Wildman–Crippen MR) is 20.0 cm³/mol. The topological polar surface area (TPSA) is 161 Å². The molecule has 0 aromatic carbocycles. The predicted octanol–water partition coefficient (Wildman–Crippen LogP) is -9.37. The van der Waals surface area contributed by atoms with Crippen LogP contribution in [0, 0.1) is 0 Å². The first-order valence-electron chi connectivity index (χ1n) is 1.33. The minimum atomic E-state index is -5.75. The fraction of sp³-hybridized carbons (Fsp3) is 0. The van der Waals surface area contributed by atoms with E-state index in [0.29, 0.717) is 0 Å². The number of rotatable bonds is 0. The van der Waals surface area contributed by atoms with Gasteiger partial charge in [-0.25, -0.2) is 0 Å². The van der Waals surface area contributed by atoms with Crippen molar-refractivity contribution in [3.63, 3.8) is 0 Å². The molecule has 0 heterocycles. The summed E-state index contributed by atoms with van der Waals surface area (Å²) in [5.41, 5.74) is 0. The molecule has 12 heavy (non-hydrogen) atoms. The largest absolute Gasteiger partial charge is 3.00 e. The van der Waals surface area contributed by atoms with Gasteiger partial charge in [-0.05, 0) is 0 Å². The van der Waals surface area contributed by atoms with Crippen LogP contribution in [-0.2, 0) is 15.3 Å². The van der Waals surface area contributed by atoms with Crippen LogP contribution in [0.3, 0.4) is 0 Å². The van der Waals surface area contributed by atoms with E-state index in [4.69, 9.17) is 32.1 Å². The molecular weight excluding hydrogens is 352 g/mol. The van der Waals surface area contributed by atoms with Crippen LogP contribution in [-0.4, -0.2) is 44.1 Å². The van der Waals surface area contributed by atoms with Crippen molar-refractivity contribution in [1.82, 2.24) is 0 Å². The molecule has 0 N–H and O–H groups in total. The Balaban J connectivity index is -0.0000000457. The van der Waals surface area contributed by atoms with E-state index in [9.17, 15) is 0 Å². The fourth-order valence-corrected chi connectivity index (χ4v) is 0. The minimum absolute atomic E-state index is 0. The van der Waals surface area contributed by atoms with Crippen molar-refractivity contribution >= 4 is 44.1 Å². The van der Waals surface area contributed by atoms with Crippen molar-refractivity contribution in [3.8, 4) is 0 Å². The first-order chi connectivity index (χ1) is 4.00. The third-order valence-electron chi connectivity index (χ3n) is 0. The fourth-order valence-electron chi connectivity index (χ4n) is 0. The quantitative estimate of drug-likeness (QED) is 0.388. The molecule has 0 saturated heterocycles. The van der Waals surface area contributed by atoms with E-state index < -0.39 is 26.7 Å². The Kier molecular flexibility index (Phi) is 19.4. The molecule has 0 spiro atoms. The molecule has 0 amide bonds. The summed E-state index contributed by atoms with van der Waals surface area (Å²) >= 11 is -11.5. The smallest absolute Gasteiger partial charge is 1.00 e. The molecule has 0 unspecified atom stereocenters. The molecule has 0 fully saturated rings. The van der Waals surface area contributed by atoms with Gasteiger partial charge in [-0.15, -0.1) is 0 Å².